The number of carbonyl (C=O) groups is 1. The maximum atomic E-state index is 13.9. The minimum Gasteiger partial charge on any atom is -0.384 e. The average Bonchev–Trinajstić information content (AvgIpc) is 3.37. The van der Waals surface area contributed by atoms with Crippen LogP contribution in [0.25, 0.3) is 21.8 Å². The highest BCUT2D eigenvalue weighted by molar-refractivity contribution is 5.97. The molecule has 6 rings (SSSR count). The summed E-state index contributed by atoms with van der Waals surface area (Å²) in [7, 11) is 2.04. The fourth-order valence-electron chi connectivity index (χ4n) is 5.78. The van der Waals surface area contributed by atoms with Crippen LogP contribution in [-0.4, -0.2) is 27.8 Å². The van der Waals surface area contributed by atoms with Crippen LogP contribution in [0.15, 0.2) is 109 Å². The van der Waals surface area contributed by atoms with Crippen LogP contribution >= 0.6 is 0 Å². The third-order valence-electron chi connectivity index (χ3n) is 8.41. The summed E-state index contributed by atoms with van der Waals surface area (Å²) in [5, 5.41) is 13.3. The van der Waals surface area contributed by atoms with Crippen molar-refractivity contribution in [1.29, 1.82) is 5.41 Å². The molecule has 0 aliphatic carbocycles. The molecule has 0 bridgehead atoms. The number of nitrogens with two attached hydrogens (primary N) is 1. The molecule has 6 aromatic rings. The first-order valence-corrected chi connectivity index (χ1v) is 15.3. The van der Waals surface area contributed by atoms with Crippen LogP contribution in [0, 0.1) is 12.3 Å². The van der Waals surface area contributed by atoms with E-state index in [1.807, 2.05) is 60.5 Å². The molecule has 4 N–H and O–H groups in total. The first-order chi connectivity index (χ1) is 21.9. The van der Waals surface area contributed by atoms with Crippen molar-refractivity contribution in [3.8, 4) is 0 Å². The van der Waals surface area contributed by atoms with E-state index in [0.717, 1.165) is 68.4 Å². The number of hydrogen-bond donors (Lipinski definition) is 3. The molecular weight excluding hydrogens is 556 g/mol. The maximum absolute atomic E-state index is 13.9. The molecule has 5 aromatic carbocycles. The molecular formula is C38H38N6O. The number of nitrogen functional groups attached to an aromatic ring is 1. The lowest BCUT2D eigenvalue weighted by atomic mass is 10.0. The number of rotatable bonds is 11. The van der Waals surface area contributed by atoms with E-state index in [1.165, 1.54) is 5.56 Å². The molecule has 1 aromatic heterocycles. The van der Waals surface area contributed by atoms with Crippen molar-refractivity contribution in [2.24, 2.45) is 12.8 Å². The van der Waals surface area contributed by atoms with Gasteiger partial charge in [0, 0.05) is 31.3 Å². The molecule has 7 nitrogen and oxygen atoms in total. The predicted octanol–water partition coefficient (Wildman–Crippen LogP) is 6.43. The summed E-state index contributed by atoms with van der Waals surface area (Å²) in [5.41, 5.74) is 13.7. The molecule has 0 saturated heterocycles. The Hall–Kier alpha value is -5.27. The number of nitrogens with one attached hydrogen (secondary N) is 2. The number of anilines is 1. The van der Waals surface area contributed by atoms with Gasteiger partial charge in [0.05, 0.1) is 24.1 Å². The monoisotopic (exact) mass is 594 g/mol. The number of benzene rings is 5. The van der Waals surface area contributed by atoms with Gasteiger partial charge in [0.15, 0.2) is 0 Å². The van der Waals surface area contributed by atoms with E-state index in [1.54, 1.807) is 0 Å². The van der Waals surface area contributed by atoms with Crippen LogP contribution in [0.5, 0.6) is 0 Å². The number of carbonyl (C=O) groups excluding carboxylic acids is 1. The SMILES string of the molecule is Cc1ccc(CNCC(=O)N(Cc2cccc3ccccc23)c2ccc3c(c2)nc(CCc2ccc(C(=N)N)cc2)n3C)cc1. The Morgan fingerprint density at radius 3 is 2.40 bits per heavy atom. The Morgan fingerprint density at radius 1 is 0.889 bits per heavy atom. The normalized spacial score (nSPS) is 11.2. The number of amidine groups is 1. The quantitative estimate of drug-likeness (QED) is 0.119. The topological polar surface area (TPSA) is 100 Å². The van der Waals surface area contributed by atoms with E-state index in [4.69, 9.17) is 16.1 Å². The van der Waals surface area contributed by atoms with E-state index < -0.39 is 0 Å². The highest BCUT2D eigenvalue weighted by Gasteiger charge is 2.19. The number of nitrogens with zero attached hydrogens (tertiary/aromatic N) is 3. The second-order valence-corrected chi connectivity index (χ2v) is 11.6. The zero-order chi connectivity index (χ0) is 31.3. The second-order valence-electron chi connectivity index (χ2n) is 11.6. The lowest BCUT2D eigenvalue weighted by Gasteiger charge is -2.24. The Balaban J connectivity index is 1.25. The molecule has 1 heterocycles. The van der Waals surface area contributed by atoms with Gasteiger partial charge in [0.1, 0.15) is 11.7 Å². The van der Waals surface area contributed by atoms with Crippen molar-refractivity contribution in [2.45, 2.75) is 32.9 Å². The van der Waals surface area contributed by atoms with Crippen molar-refractivity contribution < 1.29 is 4.79 Å². The third kappa shape index (κ3) is 6.79. The Kier molecular flexibility index (Phi) is 8.71. The maximum Gasteiger partial charge on any atom is 0.241 e. The summed E-state index contributed by atoms with van der Waals surface area (Å²) in [6, 6.07) is 36.8. The average molecular weight is 595 g/mol. The lowest BCUT2D eigenvalue weighted by molar-refractivity contribution is -0.118. The summed E-state index contributed by atoms with van der Waals surface area (Å²) >= 11 is 0. The molecule has 0 fully saturated rings. The Bertz CT molecular complexity index is 1970. The summed E-state index contributed by atoms with van der Waals surface area (Å²) < 4.78 is 2.13. The lowest BCUT2D eigenvalue weighted by Crippen LogP contribution is -2.37. The van der Waals surface area contributed by atoms with Crippen molar-refractivity contribution in [2.75, 3.05) is 11.4 Å². The van der Waals surface area contributed by atoms with E-state index in [9.17, 15) is 4.79 Å². The molecule has 0 spiro atoms. The van der Waals surface area contributed by atoms with Crippen LogP contribution in [0.3, 0.4) is 0 Å². The standard InChI is InChI=1S/C38H38N6O/c1-26-10-12-28(13-11-26)23-41-24-37(45)44(25-31-8-5-7-29-6-3-4-9-33(29)31)32-19-20-35-34(22-32)42-36(43(35)2)21-16-27-14-17-30(18-15-27)38(39)40/h3-15,17-20,22,41H,16,21,23-25H2,1-2H3,(H3,39,40). The van der Waals surface area contributed by atoms with Gasteiger partial charge < -0.3 is 20.5 Å². The molecule has 7 heteroatoms. The highest BCUT2D eigenvalue weighted by atomic mass is 16.2. The summed E-state index contributed by atoms with van der Waals surface area (Å²) in [6.07, 6.45) is 1.59. The fourth-order valence-corrected chi connectivity index (χ4v) is 5.78. The molecule has 0 aliphatic rings. The predicted molar refractivity (Wildman–Crippen MR) is 184 cm³/mol. The zero-order valence-electron chi connectivity index (χ0n) is 25.8. The second kappa shape index (κ2) is 13.2. The van der Waals surface area contributed by atoms with E-state index in [0.29, 0.717) is 13.1 Å². The van der Waals surface area contributed by atoms with Crippen LogP contribution in [0.4, 0.5) is 5.69 Å². The molecule has 1 amide bonds. The van der Waals surface area contributed by atoms with Gasteiger partial charge >= 0.3 is 0 Å². The van der Waals surface area contributed by atoms with Crippen LogP contribution < -0.4 is 16.0 Å². The summed E-state index contributed by atoms with van der Waals surface area (Å²) in [4.78, 5) is 20.7. The Labute approximate surface area is 263 Å². The van der Waals surface area contributed by atoms with Crippen LogP contribution in [-0.2, 0) is 37.8 Å². The van der Waals surface area contributed by atoms with Gasteiger partial charge in [-0.1, -0.05) is 96.6 Å². The number of aromatic nitrogens is 2. The van der Waals surface area contributed by atoms with Gasteiger partial charge in [-0.25, -0.2) is 4.98 Å². The largest absolute Gasteiger partial charge is 0.384 e. The fraction of sp³-hybridized carbons (Fsp3) is 0.184. The molecule has 0 saturated carbocycles. The van der Waals surface area contributed by atoms with E-state index in [-0.39, 0.29) is 18.3 Å². The number of amides is 1. The smallest absolute Gasteiger partial charge is 0.241 e. The molecule has 0 atom stereocenters. The first-order valence-electron chi connectivity index (χ1n) is 15.3. The van der Waals surface area contributed by atoms with Gasteiger partial charge in [0.2, 0.25) is 5.91 Å². The van der Waals surface area contributed by atoms with E-state index >= 15 is 0 Å². The third-order valence-corrected chi connectivity index (χ3v) is 8.41. The number of aryl methyl sites for hydroxylation is 4. The van der Waals surface area contributed by atoms with Crippen molar-refractivity contribution >= 4 is 39.2 Å². The molecule has 0 unspecified atom stereocenters. The number of fused-ring (bicyclic) bond motifs is 2. The minimum absolute atomic E-state index is 0.000409. The molecule has 0 radical (unpaired) electrons. The summed E-state index contributed by atoms with van der Waals surface area (Å²) in [6.45, 7) is 3.36. The number of hydrogen-bond acceptors (Lipinski definition) is 4. The number of imidazole rings is 1. The minimum atomic E-state index is -0.000409. The molecule has 226 valence electrons. The van der Waals surface area contributed by atoms with Crippen molar-refractivity contribution in [3.05, 3.63) is 143 Å². The van der Waals surface area contributed by atoms with E-state index in [2.05, 4.69) is 77.5 Å². The van der Waals surface area contributed by atoms with Crippen molar-refractivity contribution in [1.82, 2.24) is 14.9 Å². The van der Waals surface area contributed by atoms with Gasteiger partial charge in [0.25, 0.3) is 0 Å². The van der Waals surface area contributed by atoms with Gasteiger partial charge in [-0.2, -0.15) is 0 Å². The zero-order valence-corrected chi connectivity index (χ0v) is 25.8. The first kappa shape index (κ1) is 29.8. The van der Waals surface area contributed by atoms with Crippen molar-refractivity contribution in [3.63, 3.8) is 0 Å². The highest BCUT2D eigenvalue weighted by Crippen LogP contribution is 2.27. The Morgan fingerprint density at radius 2 is 1.62 bits per heavy atom. The van der Waals surface area contributed by atoms with Gasteiger partial charge in [-0.05, 0) is 59.0 Å². The van der Waals surface area contributed by atoms with Gasteiger partial charge in [-0.15, -0.1) is 0 Å². The van der Waals surface area contributed by atoms with Crippen LogP contribution in [0.1, 0.15) is 33.6 Å². The van der Waals surface area contributed by atoms with Gasteiger partial charge in [-0.3, -0.25) is 10.2 Å². The molecule has 45 heavy (non-hydrogen) atoms. The summed E-state index contributed by atoms with van der Waals surface area (Å²) in [5.74, 6) is 1.05. The van der Waals surface area contributed by atoms with Crippen LogP contribution in [0.2, 0.25) is 0 Å². The molecule has 0 aliphatic heterocycles.